The maximum absolute atomic E-state index is 4.36. The van der Waals surface area contributed by atoms with Crippen LogP contribution in [0.15, 0.2) is 29.3 Å². The van der Waals surface area contributed by atoms with Crippen molar-refractivity contribution in [2.75, 3.05) is 27.2 Å². The van der Waals surface area contributed by atoms with Gasteiger partial charge in [-0.15, -0.1) is 24.0 Å². The highest BCUT2D eigenvalue weighted by atomic mass is 127. The van der Waals surface area contributed by atoms with Crippen LogP contribution in [0.5, 0.6) is 0 Å². The smallest absolute Gasteiger partial charge is 0.193 e. The molecule has 0 saturated carbocycles. The molecule has 0 heterocycles. The molecule has 2 rings (SSSR count). The molecule has 4 heteroatoms. The van der Waals surface area contributed by atoms with Crippen LogP contribution in [-0.2, 0) is 6.42 Å². The quantitative estimate of drug-likeness (QED) is 0.477. The lowest BCUT2D eigenvalue weighted by Gasteiger charge is -2.32. The van der Waals surface area contributed by atoms with E-state index in [0.717, 1.165) is 19.0 Å². The number of benzene rings is 1. The fourth-order valence-corrected chi connectivity index (χ4v) is 2.65. The second kappa shape index (κ2) is 8.49. The van der Waals surface area contributed by atoms with Crippen LogP contribution >= 0.6 is 24.0 Å². The predicted octanol–water partition coefficient (Wildman–Crippen LogP) is 3.25. The van der Waals surface area contributed by atoms with Crippen molar-refractivity contribution in [3.8, 4) is 0 Å². The summed E-state index contributed by atoms with van der Waals surface area (Å²) in [6, 6.07) is 8.73. The maximum Gasteiger partial charge on any atom is 0.193 e. The van der Waals surface area contributed by atoms with E-state index in [2.05, 4.69) is 53.4 Å². The van der Waals surface area contributed by atoms with Crippen molar-refractivity contribution >= 4 is 29.9 Å². The molecule has 1 aromatic carbocycles. The van der Waals surface area contributed by atoms with Gasteiger partial charge in [-0.25, -0.2) is 0 Å². The van der Waals surface area contributed by atoms with E-state index < -0.39 is 0 Å². The first-order valence-electron chi connectivity index (χ1n) is 7.25. The van der Waals surface area contributed by atoms with Crippen LogP contribution in [0.2, 0.25) is 0 Å². The number of hydrogen-bond donors (Lipinski definition) is 1. The van der Waals surface area contributed by atoms with Gasteiger partial charge in [0.15, 0.2) is 5.96 Å². The van der Waals surface area contributed by atoms with Crippen molar-refractivity contribution in [1.82, 2.24) is 10.2 Å². The highest BCUT2D eigenvalue weighted by molar-refractivity contribution is 14.0. The number of hydrogen-bond acceptors (Lipinski definition) is 1. The van der Waals surface area contributed by atoms with E-state index >= 15 is 0 Å². The van der Waals surface area contributed by atoms with Crippen molar-refractivity contribution in [3.63, 3.8) is 0 Å². The number of rotatable bonds is 5. The summed E-state index contributed by atoms with van der Waals surface area (Å²) in [4.78, 5) is 6.57. The Hall–Kier alpha value is -0.780. The van der Waals surface area contributed by atoms with Gasteiger partial charge in [-0.2, -0.15) is 0 Å². The zero-order valence-electron chi connectivity index (χ0n) is 12.7. The first-order valence-corrected chi connectivity index (χ1v) is 7.25. The fourth-order valence-electron chi connectivity index (χ4n) is 2.65. The molecule has 1 aliphatic rings. The summed E-state index contributed by atoms with van der Waals surface area (Å²) < 4.78 is 0. The predicted molar refractivity (Wildman–Crippen MR) is 97.2 cm³/mol. The third-order valence-corrected chi connectivity index (χ3v) is 3.89. The van der Waals surface area contributed by atoms with Gasteiger partial charge >= 0.3 is 0 Å². The molecule has 20 heavy (non-hydrogen) atoms. The van der Waals surface area contributed by atoms with Gasteiger partial charge < -0.3 is 10.2 Å². The lowest BCUT2D eigenvalue weighted by molar-refractivity contribution is 0.457. The van der Waals surface area contributed by atoms with Crippen molar-refractivity contribution in [3.05, 3.63) is 35.4 Å². The Balaban J connectivity index is 0.00000200. The normalized spacial score (nSPS) is 16.8. The van der Waals surface area contributed by atoms with Crippen molar-refractivity contribution in [1.29, 1.82) is 0 Å². The molecule has 1 N–H and O–H groups in total. The van der Waals surface area contributed by atoms with Crippen molar-refractivity contribution in [2.45, 2.75) is 32.1 Å². The molecule has 0 aromatic heterocycles. The van der Waals surface area contributed by atoms with E-state index in [-0.39, 0.29) is 24.0 Å². The SMILES string of the molecule is CCCCN(C)C(=NC)NCC1Cc2ccccc21.I. The molecular weight excluding hydrogens is 361 g/mol. The van der Waals surface area contributed by atoms with Crippen LogP contribution < -0.4 is 5.32 Å². The first kappa shape index (κ1) is 17.3. The summed E-state index contributed by atoms with van der Waals surface area (Å²) in [5, 5.41) is 3.50. The number of aliphatic imine (C=N–C) groups is 1. The molecule has 0 aliphatic heterocycles. The Labute approximate surface area is 139 Å². The van der Waals surface area contributed by atoms with Gasteiger partial charge in [-0.1, -0.05) is 37.6 Å². The molecule has 1 aromatic rings. The molecule has 0 bridgehead atoms. The van der Waals surface area contributed by atoms with E-state index in [9.17, 15) is 0 Å². The number of unbranched alkanes of at least 4 members (excludes halogenated alkanes) is 1. The Kier molecular flexibility index (Phi) is 7.34. The van der Waals surface area contributed by atoms with E-state index in [1.165, 1.54) is 30.4 Å². The Morgan fingerprint density at radius 1 is 1.40 bits per heavy atom. The van der Waals surface area contributed by atoms with Crippen LogP contribution in [0, 0.1) is 0 Å². The molecule has 3 nitrogen and oxygen atoms in total. The van der Waals surface area contributed by atoms with Gasteiger partial charge in [0.2, 0.25) is 0 Å². The molecule has 0 amide bonds. The molecule has 0 saturated heterocycles. The second-order valence-corrected chi connectivity index (χ2v) is 5.30. The van der Waals surface area contributed by atoms with Crippen LogP contribution in [-0.4, -0.2) is 38.0 Å². The van der Waals surface area contributed by atoms with Crippen LogP contribution in [0.25, 0.3) is 0 Å². The fraction of sp³-hybridized carbons (Fsp3) is 0.562. The summed E-state index contributed by atoms with van der Waals surface area (Å²) in [6.07, 6.45) is 3.62. The lowest BCUT2D eigenvalue weighted by atomic mass is 9.78. The average Bonchev–Trinajstić information content (AvgIpc) is 2.41. The number of guanidine groups is 1. The van der Waals surface area contributed by atoms with Crippen molar-refractivity contribution in [2.24, 2.45) is 4.99 Å². The summed E-state index contributed by atoms with van der Waals surface area (Å²) in [6.45, 7) is 4.27. The van der Waals surface area contributed by atoms with E-state index in [0.29, 0.717) is 5.92 Å². The van der Waals surface area contributed by atoms with Gasteiger partial charge in [-0.05, 0) is 24.0 Å². The van der Waals surface area contributed by atoms with Crippen molar-refractivity contribution < 1.29 is 0 Å². The van der Waals surface area contributed by atoms with E-state index in [1.807, 2.05) is 7.05 Å². The Bertz CT molecular complexity index is 445. The Morgan fingerprint density at radius 2 is 2.15 bits per heavy atom. The van der Waals surface area contributed by atoms with Crippen LogP contribution in [0.3, 0.4) is 0 Å². The summed E-state index contributed by atoms with van der Waals surface area (Å²) in [5.41, 5.74) is 3.00. The zero-order valence-corrected chi connectivity index (χ0v) is 15.1. The molecule has 112 valence electrons. The van der Waals surface area contributed by atoms with Gasteiger partial charge in [0.25, 0.3) is 0 Å². The van der Waals surface area contributed by atoms with E-state index in [1.54, 1.807) is 0 Å². The molecule has 0 radical (unpaired) electrons. The van der Waals surface area contributed by atoms with E-state index in [4.69, 9.17) is 0 Å². The van der Waals surface area contributed by atoms with Crippen LogP contribution in [0.4, 0.5) is 0 Å². The van der Waals surface area contributed by atoms with Crippen LogP contribution in [0.1, 0.15) is 36.8 Å². The number of nitrogens with one attached hydrogen (secondary N) is 1. The standard InChI is InChI=1S/C16H25N3.HI/c1-4-5-10-19(3)16(17-2)18-12-14-11-13-8-6-7-9-15(13)14;/h6-9,14H,4-5,10-12H2,1-3H3,(H,17,18);1H. The lowest BCUT2D eigenvalue weighted by Crippen LogP contribution is -2.42. The average molecular weight is 387 g/mol. The number of nitrogens with zero attached hydrogens (tertiary/aromatic N) is 2. The topological polar surface area (TPSA) is 27.6 Å². The molecule has 1 unspecified atom stereocenters. The molecule has 0 fully saturated rings. The summed E-state index contributed by atoms with van der Waals surface area (Å²) >= 11 is 0. The maximum atomic E-state index is 4.36. The van der Waals surface area contributed by atoms with Gasteiger partial charge in [0.05, 0.1) is 0 Å². The second-order valence-electron chi connectivity index (χ2n) is 5.30. The molecular formula is C16H26IN3. The van der Waals surface area contributed by atoms with Gasteiger partial charge in [0, 0.05) is 33.1 Å². The highest BCUT2D eigenvalue weighted by Crippen LogP contribution is 2.33. The minimum atomic E-state index is 0. The van der Waals surface area contributed by atoms with Gasteiger partial charge in [0.1, 0.15) is 0 Å². The third kappa shape index (κ3) is 4.11. The highest BCUT2D eigenvalue weighted by Gasteiger charge is 2.25. The molecule has 0 spiro atoms. The minimum absolute atomic E-state index is 0. The minimum Gasteiger partial charge on any atom is -0.356 e. The van der Waals surface area contributed by atoms with Gasteiger partial charge in [-0.3, -0.25) is 4.99 Å². The number of halogens is 1. The summed E-state index contributed by atoms with van der Waals surface area (Å²) in [7, 11) is 3.97. The first-order chi connectivity index (χ1) is 9.26. The summed E-state index contributed by atoms with van der Waals surface area (Å²) in [5.74, 6) is 1.66. The zero-order chi connectivity index (χ0) is 13.7. The molecule has 1 aliphatic carbocycles. The largest absolute Gasteiger partial charge is 0.356 e. The third-order valence-electron chi connectivity index (χ3n) is 3.89. The Morgan fingerprint density at radius 3 is 2.80 bits per heavy atom. The number of fused-ring (bicyclic) bond motifs is 1. The molecule has 1 atom stereocenters. The monoisotopic (exact) mass is 387 g/mol.